The van der Waals surface area contributed by atoms with Crippen molar-refractivity contribution in [1.29, 1.82) is 0 Å². The molecule has 1 aliphatic rings. The van der Waals surface area contributed by atoms with E-state index in [9.17, 15) is 4.79 Å². The molecule has 0 aliphatic carbocycles. The number of esters is 1. The van der Waals surface area contributed by atoms with Gasteiger partial charge in [0, 0.05) is 18.7 Å². The third-order valence-corrected chi connectivity index (χ3v) is 3.02. The van der Waals surface area contributed by atoms with Crippen LogP contribution in [0.5, 0.6) is 0 Å². The second kappa shape index (κ2) is 5.67. The van der Waals surface area contributed by atoms with E-state index >= 15 is 0 Å². The highest BCUT2D eigenvalue weighted by Crippen LogP contribution is 2.20. The molecule has 2 heterocycles. The molecule has 92 valence electrons. The van der Waals surface area contributed by atoms with Crippen molar-refractivity contribution >= 4 is 29.2 Å². The lowest BCUT2D eigenvalue weighted by Gasteiger charge is -2.09. The summed E-state index contributed by atoms with van der Waals surface area (Å²) in [6, 6.07) is 1.40. The Morgan fingerprint density at radius 1 is 1.59 bits per heavy atom. The van der Waals surface area contributed by atoms with Crippen LogP contribution in [0.25, 0.3) is 0 Å². The molecule has 0 saturated carbocycles. The number of rotatable bonds is 3. The van der Waals surface area contributed by atoms with E-state index in [1.54, 1.807) is 0 Å². The number of ether oxygens (including phenoxy) is 2. The number of nitrogens with zero attached hydrogens (tertiary/aromatic N) is 1. The van der Waals surface area contributed by atoms with Crippen LogP contribution in [0.4, 0.5) is 0 Å². The molecule has 1 aromatic rings. The topological polar surface area (TPSA) is 48.4 Å². The summed E-state index contributed by atoms with van der Waals surface area (Å²) < 4.78 is 10.3. The summed E-state index contributed by atoms with van der Waals surface area (Å²) in [6.45, 7) is 1.71. The number of hydrogen-bond donors (Lipinski definition) is 0. The predicted molar refractivity (Wildman–Crippen MR) is 63.5 cm³/mol. The Labute approximate surface area is 109 Å². The van der Waals surface area contributed by atoms with E-state index in [0.717, 1.165) is 13.0 Å². The summed E-state index contributed by atoms with van der Waals surface area (Å²) in [7, 11) is 0. The van der Waals surface area contributed by atoms with Crippen LogP contribution in [0, 0.1) is 5.92 Å². The van der Waals surface area contributed by atoms with Crippen LogP contribution in [0.1, 0.15) is 16.8 Å². The molecule has 0 spiro atoms. The largest absolute Gasteiger partial charge is 0.462 e. The molecule has 1 unspecified atom stereocenters. The van der Waals surface area contributed by atoms with Gasteiger partial charge < -0.3 is 9.47 Å². The van der Waals surface area contributed by atoms with Gasteiger partial charge in [-0.05, 0) is 12.5 Å². The number of pyridine rings is 1. The minimum Gasteiger partial charge on any atom is -0.462 e. The highest BCUT2D eigenvalue weighted by atomic mass is 35.5. The first kappa shape index (κ1) is 12.6. The number of hydrogen-bond acceptors (Lipinski definition) is 4. The van der Waals surface area contributed by atoms with Crippen molar-refractivity contribution in [1.82, 2.24) is 4.98 Å². The molecule has 1 aliphatic heterocycles. The van der Waals surface area contributed by atoms with Crippen LogP contribution in [0.2, 0.25) is 10.2 Å². The third kappa shape index (κ3) is 3.31. The smallest absolute Gasteiger partial charge is 0.339 e. The molecule has 0 amide bonds. The lowest BCUT2D eigenvalue weighted by atomic mass is 10.1. The second-order valence-electron chi connectivity index (χ2n) is 3.81. The van der Waals surface area contributed by atoms with Crippen LogP contribution in [-0.4, -0.2) is 30.8 Å². The first-order valence-electron chi connectivity index (χ1n) is 5.22. The van der Waals surface area contributed by atoms with Crippen molar-refractivity contribution in [3.05, 3.63) is 28.0 Å². The first-order chi connectivity index (χ1) is 8.16. The molecule has 2 rings (SSSR count). The fraction of sp³-hybridized carbons (Fsp3) is 0.455. The summed E-state index contributed by atoms with van der Waals surface area (Å²) >= 11 is 11.5. The molecule has 1 aromatic heterocycles. The highest BCUT2D eigenvalue weighted by molar-refractivity contribution is 6.34. The SMILES string of the molecule is O=C(OCC1CCOC1)c1cc(Cl)ncc1Cl. The van der Waals surface area contributed by atoms with E-state index in [-0.39, 0.29) is 21.7 Å². The Hall–Kier alpha value is -0.840. The van der Waals surface area contributed by atoms with Crippen LogP contribution in [-0.2, 0) is 9.47 Å². The van der Waals surface area contributed by atoms with E-state index in [1.807, 2.05) is 0 Å². The van der Waals surface area contributed by atoms with Crippen LogP contribution >= 0.6 is 23.2 Å². The van der Waals surface area contributed by atoms with Gasteiger partial charge in [0.25, 0.3) is 0 Å². The summed E-state index contributed by atoms with van der Waals surface area (Å²) in [5.74, 6) is -0.207. The maximum absolute atomic E-state index is 11.7. The van der Waals surface area contributed by atoms with Crippen molar-refractivity contribution < 1.29 is 14.3 Å². The molecule has 1 atom stereocenters. The van der Waals surface area contributed by atoms with Crippen LogP contribution in [0.15, 0.2) is 12.3 Å². The molecule has 1 saturated heterocycles. The Morgan fingerprint density at radius 2 is 2.41 bits per heavy atom. The molecular formula is C11H11Cl2NO3. The Bertz CT molecular complexity index is 419. The van der Waals surface area contributed by atoms with Gasteiger partial charge in [-0.25, -0.2) is 9.78 Å². The number of carbonyl (C=O) groups is 1. The van der Waals surface area contributed by atoms with Gasteiger partial charge in [0.2, 0.25) is 0 Å². The van der Waals surface area contributed by atoms with E-state index < -0.39 is 5.97 Å². The van der Waals surface area contributed by atoms with Crippen LogP contribution in [0.3, 0.4) is 0 Å². The highest BCUT2D eigenvalue weighted by Gasteiger charge is 2.19. The number of aromatic nitrogens is 1. The zero-order valence-electron chi connectivity index (χ0n) is 8.99. The molecule has 4 nitrogen and oxygen atoms in total. The van der Waals surface area contributed by atoms with Crippen LogP contribution < -0.4 is 0 Å². The monoisotopic (exact) mass is 275 g/mol. The second-order valence-corrected chi connectivity index (χ2v) is 4.61. The molecule has 0 radical (unpaired) electrons. The standard InChI is InChI=1S/C11H11Cl2NO3/c12-9-4-14-10(13)3-8(9)11(15)17-6-7-1-2-16-5-7/h3-4,7H,1-2,5-6H2. The molecule has 0 N–H and O–H groups in total. The zero-order chi connectivity index (χ0) is 12.3. The summed E-state index contributed by atoms with van der Waals surface area (Å²) in [4.78, 5) is 15.5. The first-order valence-corrected chi connectivity index (χ1v) is 5.98. The van der Waals surface area contributed by atoms with Crippen molar-refractivity contribution in [3.8, 4) is 0 Å². The quantitative estimate of drug-likeness (QED) is 0.629. The molecule has 0 bridgehead atoms. The fourth-order valence-corrected chi connectivity index (χ4v) is 1.89. The van der Waals surface area contributed by atoms with E-state index in [0.29, 0.717) is 13.2 Å². The van der Waals surface area contributed by atoms with Crippen molar-refractivity contribution in [3.63, 3.8) is 0 Å². The normalized spacial score (nSPS) is 19.3. The molecule has 6 heteroatoms. The van der Waals surface area contributed by atoms with Gasteiger partial charge in [-0.3, -0.25) is 0 Å². The molecule has 17 heavy (non-hydrogen) atoms. The maximum Gasteiger partial charge on any atom is 0.339 e. The number of carbonyl (C=O) groups excluding carboxylic acids is 1. The van der Waals surface area contributed by atoms with Crippen molar-refractivity contribution in [2.24, 2.45) is 5.92 Å². The van der Waals surface area contributed by atoms with Gasteiger partial charge in [0.15, 0.2) is 0 Å². The Morgan fingerprint density at radius 3 is 3.12 bits per heavy atom. The van der Waals surface area contributed by atoms with Gasteiger partial charge >= 0.3 is 5.97 Å². The predicted octanol–water partition coefficient (Wildman–Crippen LogP) is 2.58. The lowest BCUT2D eigenvalue weighted by molar-refractivity contribution is 0.0428. The van der Waals surface area contributed by atoms with Gasteiger partial charge in [-0.2, -0.15) is 0 Å². The average Bonchev–Trinajstić information content (AvgIpc) is 2.82. The van der Waals surface area contributed by atoms with Crippen molar-refractivity contribution in [2.45, 2.75) is 6.42 Å². The zero-order valence-corrected chi connectivity index (χ0v) is 10.5. The summed E-state index contributed by atoms with van der Waals surface area (Å²) in [5.41, 5.74) is 0.241. The average molecular weight is 276 g/mol. The van der Waals surface area contributed by atoms with Gasteiger partial charge in [-0.15, -0.1) is 0 Å². The van der Waals surface area contributed by atoms with Crippen molar-refractivity contribution in [2.75, 3.05) is 19.8 Å². The van der Waals surface area contributed by atoms with Gasteiger partial charge in [-0.1, -0.05) is 23.2 Å². The number of halogens is 2. The molecule has 0 aromatic carbocycles. The van der Waals surface area contributed by atoms with E-state index in [4.69, 9.17) is 32.7 Å². The maximum atomic E-state index is 11.7. The third-order valence-electron chi connectivity index (χ3n) is 2.52. The molecule has 1 fully saturated rings. The van der Waals surface area contributed by atoms with Gasteiger partial charge in [0.05, 0.1) is 23.8 Å². The van der Waals surface area contributed by atoms with Gasteiger partial charge in [0.1, 0.15) is 5.15 Å². The van der Waals surface area contributed by atoms with E-state index in [1.165, 1.54) is 12.3 Å². The Balaban J connectivity index is 1.96. The summed E-state index contributed by atoms with van der Waals surface area (Å²) in [6.07, 6.45) is 2.25. The minimum absolute atomic E-state index is 0.213. The Kier molecular flexibility index (Phi) is 4.20. The summed E-state index contributed by atoms with van der Waals surface area (Å²) in [5, 5.41) is 0.452. The van der Waals surface area contributed by atoms with E-state index in [2.05, 4.69) is 4.98 Å². The fourth-order valence-electron chi connectivity index (χ4n) is 1.56. The minimum atomic E-state index is -0.480. The lowest BCUT2D eigenvalue weighted by Crippen LogP contribution is -2.14. The molecular weight excluding hydrogens is 265 g/mol.